The van der Waals surface area contributed by atoms with Crippen molar-refractivity contribution in [1.82, 2.24) is 10.2 Å². The highest BCUT2D eigenvalue weighted by Crippen LogP contribution is 2.15. The summed E-state index contributed by atoms with van der Waals surface area (Å²) < 4.78 is 0. The van der Waals surface area contributed by atoms with E-state index < -0.39 is 11.6 Å². The van der Waals surface area contributed by atoms with Gasteiger partial charge < -0.3 is 20.4 Å². The minimum atomic E-state index is -0.953. The molecule has 0 aliphatic rings. The summed E-state index contributed by atoms with van der Waals surface area (Å²) in [6.45, 7) is 10.3. The van der Waals surface area contributed by atoms with Gasteiger partial charge in [-0.1, -0.05) is 13.8 Å². The number of aliphatic carboxylic acids is 1. The van der Waals surface area contributed by atoms with Crippen LogP contribution in [0.15, 0.2) is 0 Å². The van der Waals surface area contributed by atoms with E-state index in [2.05, 4.69) is 5.32 Å². The highest BCUT2D eigenvalue weighted by molar-refractivity contribution is 5.74. The van der Waals surface area contributed by atoms with Crippen LogP contribution in [0.1, 0.15) is 47.5 Å². The lowest BCUT2D eigenvalue weighted by molar-refractivity contribution is -0.138. The molecule has 6 nitrogen and oxygen atoms in total. The van der Waals surface area contributed by atoms with Crippen molar-refractivity contribution in [2.75, 3.05) is 19.6 Å². The molecule has 0 unspecified atom stereocenters. The first-order chi connectivity index (χ1) is 9.55. The Hall–Kier alpha value is -1.30. The third-order valence-corrected chi connectivity index (χ3v) is 3.06. The number of aliphatic hydroxyl groups is 1. The second-order valence-electron chi connectivity index (χ2n) is 6.61. The third-order valence-electron chi connectivity index (χ3n) is 3.06. The van der Waals surface area contributed by atoms with Crippen LogP contribution in [0.3, 0.4) is 0 Å². The summed E-state index contributed by atoms with van der Waals surface area (Å²) in [6, 6.07) is -0.265. The molecule has 0 rings (SSSR count). The van der Waals surface area contributed by atoms with Crippen LogP contribution in [-0.2, 0) is 4.79 Å². The van der Waals surface area contributed by atoms with Crippen molar-refractivity contribution in [2.45, 2.75) is 53.1 Å². The van der Waals surface area contributed by atoms with Gasteiger partial charge >= 0.3 is 12.0 Å². The number of likely N-dealkylation sites (N-methyl/N-ethyl adjacent to an activating group) is 1. The maximum Gasteiger partial charge on any atom is 0.317 e. The Bertz CT molecular complexity index is 337. The van der Waals surface area contributed by atoms with E-state index in [1.54, 1.807) is 13.8 Å². The SMILES string of the molecule is CCN(CC(C)(C)O)C(=O)NC[C@H](CC(=O)O)CC(C)C. The number of carboxylic acid groups (broad SMARTS) is 1. The van der Waals surface area contributed by atoms with Gasteiger partial charge in [0.25, 0.3) is 0 Å². The first-order valence-corrected chi connectivity index (χ1v) is 7.52. The van der Waals surface area contributed by atoms with Gasteiger partial charge in [-0.2, -0.15) is 0 Å². The topological polar surface area (TPSA) is 89.9 Å². The molecule has 0 aliphatic heterocycles. The molecule has 0 spiro atoms. The second kappa shape index (κ2) is 8.87. The lowest BCUT2D eigenvalue weighted by atomic mass is 9.94. The van der Waals surface area contributed by atoms with Gasteiger partial charge in [-0.05, 0) is 39.0 Å². The Labute approximate surface area is 127 Å². The number of amides is 2. The van der Waals surface area contributed by atoms with E-state index in [0.29, 0.717) is 19.0 Å². The van der Waals surface area contributed by atoms with E-state index in [1.807, 2.05) is 20.8 Å². The fourth-order valence-corrected chi connectivity index (χ4v) is 2.29. The maximum atomic E-state index is 12.1. The second-order valence-corrected chi connectivity index (χ2v) is 6.61. The lowest BCUT2D eigenvalue weighted by Crippen LogP contribution is -2.47. The number of urea groups is 1. The van der Waals surface area contributed by atoms with Crippen LogP contribution in [0.25, 0.3) is 0 Å². The van der Waals surface area contributed by atoms with Crippen LogP contribution >= 0.6 is 0 Å². The molecule has 6 heteroatoms. The molecule has 0 heterocycles. The van der Waals surface area contributed by atoms with E-state index in [9.17, 15) is 14.7 Å². The molecule has 124 valence electrons. The smallest absolute Gasteiger partial charge is 0.317 e. The van der Waals surface area contributed by atoms with Crippen LogP contribution in [0.5, 0.6) is 0 Å². The third kappa shape index (κ3) is 10.1. The van der Waals surface area contributed by atoms with E-state index in [0.717, 1.165) is 6.42 Å². The number of hydrogen-bond acceptors (Lipinski definition) is 3. The van der Waals surface area contributed by atoms with Crippen molar-refractivity contribution in [1.29, 1.82) is 0 Å². The van der Waals surface area contributed by atoms with E-state index >= 15 is 0 Å². The fourth-order valence-electron chi connectivity index (χ4n) is 2.29. The Morgan fingerprint density at radius 2 is 1.86 bits per heavy atom. The molecule has 0 saturated heterocycles. The number of nitrogens with zero attached hydrogens (tertiary/aromatic N) is 1. The molecule has 0 aromatic heterocycles. The number of rotatable bonds is 9. The van der Waals surface area contributed by atoms with Crippen molar-refractivity contribution < 1.29 is 19.8 Å². The molecule has 2 amide bonds. The van der Waals surface area contributed by atoms with Crippen molar-refractivity contribution in [3.05, 3.63) is 0 Å². The fraction of sp³-hybridized carbons (Fsp3) is 0.867. The summed E-state index contributed by atoms with van der Waals surface area (Å²) in [5, 5.41) is 21.5. The molecule has 0 fully saturated rings. The first-order valence-electron chi connectivity index (χ1n) is 7.52. The number of carbonyl (C=O) groups is 2. The van der Waals surface area contributed by atoms with Crippen molar-refractivity contribution >= 4 is 12.0 Å². The van der Waals surface area contributed by atoms with E-state index in [4.69, 9.17) is 5.11 Å². The van der Waals surface area contributed by atoms with Gasteiger partial charge in [-0.15, -0.1) is 0 Å². The molecule has 0 aromatic carbocycles. The summed E-state index contributed by atoms with van der Waals surface area (Å²) in [7, 11) is 0. The molecule has 21 heavy (non-hydrogen) atoms. The van der Waals surface area contributed by atoms with Gasteiger partial charge in [0.15, 0.2) is 0 Å². The average Bonchev–Trinajstić information content (AvgIpc) is 2.30. The Morgan fingerprint density at radius 3 is 2.24 bits per heavy atom. The summed E-state index contributed by atoms with van der Waals surface area (Å²) in [4.78, 5) is 24.5. The molecule has 0 aliphatic carbocycles. The summed E-state index contributed by atoms with van der Waals surface area (Å²) in [5.74, 6) is -0.545. The molecular formula is C15H30N2O4. The highest BCUT2D eigenvalue weighted by Gasteiger charge is 2.22. The van der Waals surface area contributed by atoms with E-state index in [1.165, 1.54) is 4.90 Å². The molecule has 0 aromatic rings. The minimum Gasteiger partial charge on any atom is -0.481 e. The normalized spacial score (nSPS) is 13.1. The molecule has 3 N–H and O–H groups in total. The van der Waals surface area contributed by atoms with Crippen LogP contribution < -0.4 is 5.32 Å². The summed E-state index contributed by atoms with van der Waals surface area (Å²) >= 11 is 0. The van der Waals surface area contributed by atoms with Gasteiger partial charge in [0.1, 0.15) is 0 Å². The Kier molecular flexibility index (Phi) is 8.32. The van der Waals surface area contributed by atoms with Gasteiger partial charge in [-0.3, -0.25) is 4.79 Å². The number of carbonyl (C=O) groups excluding carboxylic acids is 1. The van der Waals surface area contributed by atoms with Crippen LogP contribution in [0, 0.1) is 11.8 Å². The lowest BCUT2D eigenvalue weighted by Gasteiger charge is -2.29. The maximum absolute atomic E-state index is 12.1. The molecular weight excluding hydrogens is 272 g/mol. The highest BCUT2D eigenvalue weighted by atomic mass is 16.4. The predicted octanol–water partition coefficient (Wildman–Crippen LogP) is 1.93. The van der Waals surface area contributed by atoms with Gasteiger partial charge in [-0.25, -0.2) is 4.79 Å². The first kappa shape index (κ1) is 19.7. The number of nitrogens with one attached hydrogen (secondary N) is 1. The van der Waals surface area contributed by atoms with Gasteiger partial charge in [0.05, 0.1) is 12.1 Å². The van der Waals surface area contributed by atoms with Crippen LogP contribution in [0.4, 0.5) is 4.79 Å². The predicted molar refractivity (Wildman–Crippen MR) is 82.1 cm³/mol. The molecule has 0 radical (unpaired) electrons. The zero-order chi connectivity index (χ0) is 16.6. The van der Waals surface area contributed by atoms with Crippen molar-refractivity contribution in [3.8, 4) is 0 Å². The monoisotopic (exact) mass is 302 g/mol. The Morgan fingerprint density at radius 1 is 1.29 bits per heavy atom. The zero-order valence-corrected chi connectivity index (χ0v) is 13.8. The number of carboxylic acids is 1. The summed E-state index contributed by atoms with van der Waals surface area (Å²) in [5.41, 5.74) is -0.953. The minimum absolute atomic E-state index is 0.0517. The standard InChI is InChI=1S/C15H30N2O4/c1-6-17(10-15(4,5)21)14(20)16-9-12(7-11(2)3)8-13(18)19/h11-12,21H,6-10H2,1-5H3,(H,16,20)(H,18,19)/t12-/m0/s1. The molecule has 1 atom stereocenters. The number of hydrogen-bond donors (Lipinski definition) is 3. The molecule has 0 bridgehead atoms. The van der Waals surface area contributed by atoms with Crippen molar-refractivity contribution in [3.63, 3.8) is 0 Å². The Balaban J connectivity index is 4.48. The summed E-state index contributed by atoms with van der Waals surface area (Å²) in [6.07, 6.45) is 0.806. The van der Waals surface area contributed by atoms with Gasteiger partial charge in [0, 0.05) is 19.5 Å². The van der Waals surface area contributed by atoms with Crippen LogP contribution in [-0.4, -0.2) is 52.3 Å². The van der Waals surface area contributed by atoms with Crippen molar-refractivity contribution in [2.24, 2.45) is 11.8 Å². The largest absolute Gasteiger partial charge is 0.481 e. The van der Waals surface area contributed by atoms with Crippen LogP contribution in [0.2, 0.25) is 0 Å². The van der Waals surface area contributed by atoms with E-state index in [-0.39, 0.29) is 24.9 Å². The molecule has 0 saturated carbocycles. The quantitative estimate of drug-likeness (QED) is 0.607. The average molecular weight is 302 g/mol. The zero-order valence-electron chi connectivity index (χ0n) is 13.8. The van der Waals surface area contributed by atoms with Gasteiger partial charge in [0.2, 0.25) is 0 Å².